The highest BCUT2D eigenvalue weighted by atomic mass is 16.5. The van der Waals surface area contributed by atoms with E-state index in [9.17, 15) is 4.79 Å². The molecule has 0 aliphatic carbocycles. The van der Waals surface area contributed by atoms with Crippen LogP contribution in [0, 0.1) is 6.92 Å². The van der Waals surface area contributed by atoms with E-state index in [1.54, 1.807) is 50.7 Å². The van der Waals surface area contributed by atoms with E-state index in [0.717, 1.165) is 11.3 Å². The number of rotatable bonds is 7. The van der Waals surface area contributed by atoms with Crippen molar-refractivity contribution < 1.29 is 18.8 Å². The van der Waals surface area contributed by atoms with Crippen LogP contribution in [-0.4, -0.2) is 30.3 Å². The van der Waals surface area contributed by atoms with Crippen LogP contribution >= 0.6 is 0 Å². The third kappa shape index (κ3) is 4.75. The standard InChI is InChI=1S/C19H20N4O4/c1-12-8-18(23-27-12)21-14-5-7-17(20-11-14)22-19(24)10-13-4-6-15(25-2)16(9-13)26-3/h4-9,11H,10H2,1-3H3,(H,21,23)(H,20,22,24). The second kappa shape index (κ2) is 8.22. The number of amides is 1. The van der Waals surface area contributed by atoms with Crippen LogP contribution in [-0.2, 0) is 11.2 Å². The van der Waals surface area contributed by atoms with Crippen LogP contribution in [0.1, 0.15) is 11.3 Å². The molecule has 0 bridgehead atoms. The van der Waals surface area contributed by atoms with Gasteiger partial charge in [-0.05, 0) is 36.8 Å². The van der Waals surface area contributed by atoms with Crippen molar-refractivity contribution in [3.8, 4) is 11.5 Å². The SMILES string of the molecule is COc1ccc(CC(=O)Nc2ccc(Nc3cc(C)on3)cn2)cc1OC. The van der Waals surface area contributed by atoms with Crippen LogP contribution in [0.3, 0.4) is 0 Å². The van der Waals surface area contributed by atoms with Crippen molar-refractivity contribution in [2.24, 2.45) is 0 Å². The molecule has 0 saturated carbocycles. The molecule has 1 aromatic carbocycles. The minimum atomic E-state index is -0.178. The minimum absolute atomic E-state index is 0.178. The zero-order chi connectivity index (χ0) is 19.2. The normalized spacial score (nSPS) is 10.3. The summed E-state index contributed by atoms with van der Waals surface area (Å²) in [5, 5.41) is 9.68. The van der Waals surface area contributed by atoms with Gasteiger partial charge in [0, 0.05) is 6.07 Å². The number of methoxy groups -OCH3 is 2. The van der Waals surface area contributed by atoms with Gasteiger partial charge in [-0.1, -0.05) is 11.2 Å². The number of pyridine rings is 1. The van der Waals surface area contributed by atoms with Gasteiger partial charge in [-0.2, -0.15) is 0 Å². The highest BCUT2D eigenvalue weighted by Gasteiger charge is 2.09. The second-order valence-corrected chi connectivity index (χ2v) is 5.79. The van der Waals surface area contributed by atoms with E-state index in [4.69, 9.17) is 14.0 Å². The number of carbonyl (C=O) groups is 1. The van der Waals surface area contributed by atoms with Gasteiger partial charge in [0.1, 0.15) is 11.6 Å². The number of benzene rings is 1. The van der Waals surface area contributed by atoms with Crippen molar-refractivity contribution >= 4 is 23.2 Å². The lowest BCUT2D eigenvalue weighted by atomic mass is 10.1. The van der Waals surface area contributed by atoms with E-state index in [1.165, 1.54) is 0 Å². The molecule has 0 radical (unpaired) electrons. The number of aromatic nitrogens is 2. The van der Waals surface area contributed by atoms with Gasteiger partial charge in [0.15, 0.2) is 17.3 Å². The fraction of sp³-hybridized carbons (Fsp3) is 0.211. The largest absolute Gasteiger partial charge is 0.493 e. The number of hydrogen-bond acceptors (Lipinski definition) is 7. The van der Waals surface area contributed by atoms with E-state index in [1.807, 2.05) is 13.0 Å². The van der Waals surface area contributed by atoms with Gasteiger partial charge in [-0.3, -0.25) is 4.79 Å². The number of anilines is 3. The Kier molecular flexibility index (Phi) is 5.55. The lowest BCUT2D eigenvalue weighted by Gasteiger charge is -2.10. The van der Waals surface area contributed by atoms with Gasteiger partial charge in [-0.15, -0.1) is 0 Å². The molecule has 0 fully saturated rings. The van der Waals surface area contributed by atoms with Gasteiger partial charge < -0.3 is 24.6 Å². The van der Waals surface area contributed by atoms with Crippen LogP contribution in [0.5, 0.6) is 11.5 Å². The van der Waals surface area contributed by atoms with Gasteiger partial charge in [0.25, 0.3) is 0 Å². The molecule has 1 amide bonds. The molecule has 3 aromatic rings. The van der Waals surface area contributed by atoms with Crippen molar-refractivity contribution in [3.63, 3.8) is 0 Å². The summed E-state index contributed by atoms with van der Waals surface area (Å²) in [6.45, 7) is 1.81. The van der Waals surface area contributed by atoms with Crippen molar-refractivity contribution in [1.29, 1.82) is 0 Å². The lowest BCUT2D eigenvalue weighted by molar-refractivity contribution is -0.115. The Morgan fingerprint density at radius 3 is 2.52 bits per heavy atom. The number of hydrogen-bond donors (Lipinski definition) is 2. The number of nitrogens with zero attached hydrogens (tertiary/aromatic N) is 2. The van der Waals surface area contributed by atoms with E-state index >= 15 is 0 Å². The zero-order valence-electron chi connectivity index (χ0n) is 15.3. The highest BCUT2D eigenvalue weighted by molar-refractivity contribution is 5.91. The van der Waals surface area contributed by atoms with Gasteiger partial charge >= 0.3 is 0 Å². The van der Waals surface area contributed by atoms with Crippen LogP contribution in [0.15, 0.2) is 47.1 Å². The predicted octanol–water partition coefficient (Wildman–Crippen LogP) is 3.32. The van der Waals surface area contributed by atoms with Crippen molar-refractivity contribution in [1.82, 2.24) is 10.1 Å². The van der Waals surface area contributed by atoms with E-state index < -0.39 is 0 Å². The predicted molar refractivity (Wildman–Crippen MR) is 101 cm³/mol. The van der Waals surface area contributed by atoms with Crippen molar-refractivity contribution in [2.45, 2.75) is 13.3 Å². The van der Waals surface area contributed by atoms with E-state index in [2.05, 4.69) is 20.8 Å². The maximum atomic E-state index is 12.3. The Morgan fingerprint density at radius 2 is 1.89 bits per heavy atom. The highest BCUT2D eigenvalue weighted by Crippen LogP contribution is 2.27. The van der Waals surface area contributed by atoms with Crippen molar-refractivity contribution in [2.75, 3.05) is 24.9 Å². The molecular weight excluding hydrogens is 348 g/mol. The number of carbonyl (C=O) groups excluding carboxylic acids is 1. The Balaban J connectivity index is 1.59. The van der Waals surface area contributed by atoms with Gasteiger partial charge in [0.05, 0.1) is 32.5 Å². The Morgan fingerprint density at radius 1 is 1.07 bits per heavy atom. The third-order valence-electron chi connectivity index (χ3n) is 3.74. The minimum Gasteiger partial charge on any atom is -0.493 e. The summed E-state index contributed by atoms with van der Waals surface area (Å²) in [6, 6.07) is 10.6. The molecule has 2 heterocycles. The summed E-state index contributed by atoms with van der Waals surface area (Å²) >= 11 is 0. The lowest BCUT2D eigenvalue weighted by Crippen LogP contribution is -2.15. The number of ether oxygens (including phenoxy) is 2. The third-order valence-corrected chi connectivity index (χ3v) is 3.74. The Labute approximate surface area is 156 Å². The first-order valence-corrected chi connectivity index (χ1v) is 8.24. The van der Waals surface area contributed by atoms with Gasteiger partial charge in [-0.25, -0.2) is 4.98 Å². The molecule has 140 valence electrons. The average Bonchev–Trinajstić information content (AvgIpc) is 3.08. The summed E-state index contributed by atoms with van der Waals surface area (Å²) in [5.74, 6) is 2.79. The summed E-state index contributed by atoms with van der Waals surface area (Å²) in [6.07, 6.45) is 1.80. The zero-order valence-corrected chi connectivity index (χ0v) is 15.3. The fourth-order valence-corrected chi connectivity index (χ4v) is 2.48. The van der Waals surface area contributed by atoms with E-state index in [-0.39, 0.29) is 12.3 Å². The maximum Gasteiger partial charge on any atom is 0.229 e. The number of nitrogens with one attached hydrogen (secondary N) is 2. The van der Waals surface area contributed by atoms with Crippen LogP contribution in [0.2, 0.25) is 0 Å². The summed E-state index contributed by atoms with van der Waals surface area (Å²) in [7, 11) is 3.12. The summed E-state index contributed by atoms with van der Waals surface area (Å²) in [4.78, 5) is 16.5. The monoisotopic (exact) mass is 368 g/mol. The molecule has 8 nitrogen and oxygen atoms in total. The molecule has 0 saturated heterocycles. The quantitative estimate of drug-likeness (QED) is 0.660. The Bertz CT molecular complexity index is 922. The topological polar surface area (TPSA) is 98.5 Å². The first kappa shape index (κ1) is 18.2. The molecule has 0 spiro atoms. The number of aryl methyl sites for hydroxylation is 1. The molecule has 2 aromatic heterocycles. The molecule has 0 aliphatic rings. The van der Waals surface area contributed by atoms with Crippen molar-refractivity contribution in [3.05, 3.63) is 53.9 Å². The maximum absolute atomic E-state index is 12.3. The van der Waals surface area contributed by atoms with Crippen LogP contribution < -0.4 is 20.1 Å². The smallest absolute Gasteiger partial charge is 0.229 e. The molecule has 27 heavy (non-hydrogen) atoms. The molecular formula is C19H20N4O4. The van der Waals surface area contributed by atoms with Crippen LogP contribution in [0.25, 0.3) is 0 Å². The molecule has 0 unspecified atom stereocenters. The molecule has 0 atom stereocenters. The molecule has 2 N–H and O–H groups in total. The average molecular weight is 368 g/mol. The molecule has 8 heteroatoms. The van der Waals surface area contributed by atoms with Crippen LogP contribution in [0.4, 0.5) is 17.3 Å². The van der Waals surface area contributed by atoms with Gasteiger partial charge in [0.2, 0.25) is 5.91 Å². The Hall–Kier alpha value is -3.55. The molecule has 0 aliphatic heterocycles. The van der Waals surface area contributed by atoms with E-state index in [0.29, 0.717) is 28.9 Å². The first-order valence-electron chi connectivity index (χ1n) is 8.24. The summed E-state index contributed by atoms with van der Waals surface area (Å²) < 4.78 is 15.4. The second-order valence-electron chi connectivity index (χ2n) is 5.79. The molecule has 3 rings (SSSR count). The first-order chi connectivity index (χ1) is 13.1. The fourth-order valence-electron chi connectivity index (χ4n) is 2.48. The summed E-state index contributed by atoms with van der Waals surface area (Å²) in [5.41, 5.74) is 1.55.